The van der Waals surface area contributed by atoms with Crippen LogP contribution in [0.5, 0.6) is 5.75 Å². The van der Waals surface area contributed by atoms with Gasteiger partial charge in [-0.1, -0.05) is 18.2 Å². The number of amides is 1. The van der Waals surface area contributed by atoms with E-state index in [0.717, 1.165) is 17.3 Å². The molecule has 3 aromatic rings. The monoisotopic (exact) mass is 325 g/mol. The molecule has 0 atom stereocenters. The van der Waals surface area contributed by atoms with Gasteiger partial charge in [0.15, 0.2) is 12.3 Å². The average Bonchev–Trinajstić information content (AvgIpc) is 3.31. The van der Waals surface area contributed by atoms with Crippen LogP contribution in [0.25, 0.3) is 10.9 Å². The van der Waals surface area contributed by atoms with E-state index >= 15 is 0 Å². The summed E-state index contributed by atoms with van der Waals surface area (Å²) in [6.07, 6.45) is 3.87. The number of carbonyl (C=O) groups is 1. The molecule has 7 heteroatoms. The van der Waals surface area contributed by atoms with Crippen molar-refractivity contribution >= 4 is 16.8 Å². The molecule has 0 N–H and O–H groups in total. The highest BCUT2D eigenvalue weighted by atomic mass is 16.7. The number of hydroxylamine groups is 2. The summed E-state index contributed by atoms with van der Waals surface area (Å²) in [5, 5.41) is 2.29. The lowest BCUT2D eigenvalue weighted by molar-refractivity contribution is -0.0771. The molecule has 1 fully saturated rings. The Balaban J connectivity index is 1.47. The second-order valence-electron chi connectivity index (χ2n) is 5.34. The molecule has 3 heterocycles. The van der Waals surface area contributed by atoms with Crippen molar-refractivity contribution in [3.8, 4) is 5.75 Å². The molecule has 1 amide bonds. The van der Waals surface area contributed by atoms with Crippen LogP contribution in [-0.4, -0.2) is 34.1 Å². The molecule has 4 rings (SSSR count). The molecule has 1 aromatic carbocycles. The third-order valence-corrected chi connectivity index (χ3v) is 3.70. The van der Waals surface area contributed by atoms with E-state index in [4.69, 9.17) is 14.0 Å². The Bertz CT molecular complexity index is 866. The van der Waals surface area contributed by atoms with Gasteiger partial charge in [0.25, 0.3) is 5.91 Å². The third-order valence-electron chi connectivity index (χ3n) is 3.70. The normalized spacial score (nSPS) is 14.2. The molecule has 0 saturated carbocycles. The van der Waals surface area contributed by atoms with Gasteiger partial charge in [0, 0.05) is 11.6 Å². The van der Waals surface area contributed by atoms with Gasteiger partial charge in [-0.3, -0.25) is 14.6 Å². The zero-order valence-corrected chi connectivity index (χ0v) is 12.8. The summed E-state index contributed by atoms with van der Waals surface area (Å²) < 4.78 is 11.1. The fourth-order valence-corrected chi connectivity index (χ4v) is 2.54. The van der Waals surface area contributed by atoms with Crippen LogP contribution in [0.2, 0.25) is 0 Å². The van der Waals surface area contributed by atoms with Gasteiger partial charge in [0.1, 0.15) is 17.5 Å². The SMILES string of the molecule is O=C(c1coc(COc2cccc3cccnc23)n1)N1CCCO1. The third kappa shape index (κ3) is 2.81. The van der Waals surface area contributed by atoms with Crippen LogP contribution in [0.15, 0.2) is 47.2 Å². The molecule has 1 aliphatic rings. The quantitative estimate of drug-likeness (QED) is 0.734. The molecule has 7 nitrogen and oxygen atoms in total. The average molecular weight is 325 g/mol. The summed E-state index contributed by atoms with van der Waals surface area (Å²) in [6.45, 7) is 1.23. The van der Waals surface area contributed by atoms with E-state index in [0.29, 0.717) is 24.8 Å². The van der Waals surface area contributed by atoms with Crippen molar-refractivity contribution in [1.82, 2.24) is 15.0 Å². The number of para-hydroxylation sites is 1. The maximum Gasteiger partial charge on any atom is 0.299 e. The van der Waals surface area contributed by atoms with Gasteiger partial charge in [-0.2, -0.15) is 0 Å². The first-order chi connectivity index (χ1) is 11.8. The lowest BCUT2D eigenvalue weighted by Gasteiger charge is -2.10. The molecule has 0 spiro atoms. The van der Waals surface area contributed by atoms with Crippen LogP contribution in [-0.2, 0) is 11.4 Å². The van der Waals surface area contributed by atoms with E-state index in [9.17, 15) is 4.79 Å². The first kappa shape index (κ1) is 14.6. The zero-order valence-electron chi connectivity index (χ0n) is 12.8. The lowest BCUT2D eigenvalue weighted by Crippen LogP contribution is -2.26. The number of ether oxygens (including phenoxy) is 1. The maximum atomic E-state index is 12.1. The molecular formula is C17H15N3O4. The molecule has 2 aromatic heterocycles. The summed E-state index contributed by atoms with van der Waals surface area (Å²) in [6, 6.07) is 9.54. The van der Waals surface area contributed by atoms with Crippen LogP contribution >= 0.6 is 0 Å². The predicted molar refractivity (Wildman–Crippen MR) is 84.2 cm³/mol. The van der Waals surface area contributed by atoms with Crippen molar-refractivity contribution in [2.24, 2.45) is 0 Å². The number of carbonyl (C=O) groups excluding carboxylic acids is 1. The molecular weight excluding hydrogens is 310 g/mol. The molecule has 24 heavy (non-hydrogen) atoms. The molecule has 0 aliphatic carbocycles. The number of hydrogen-bond donors (Lipinski definition) is 0. The highest BCUT2D eigenvalue weighted by molar-refractivity contribution is 5.91. The Morgan fingerprint density at radius 2 is 2.21 bits per heavy atom. The van der Waals surface area contributed by atoms with Crippen LogP contribution in [0.1, 0.15) is 22.8 Å². The van der Waals surface area contributed by atoms with Crippen molar-refractivity contribution in [3.63, 3.8) is 0 Å². The summed E-state index contributed by atoms with van der Waals surface area (Å²) in [7, 11) is 0. The number of fused-ring (bicyclic) bond motifs is 1. The molecule has 122 valence electrons. The highest BCUT2D eigenvalue weighted by Gasteiger charge is 2.24. The zero-order chi connectivity index (χ0) is 16.4. The maximum absolute atomic E-state index is 12.1. The topological polar surface area (TPSA) is 77.7 Å². The Hall–Kier alpha value is -2.93. The van der Waals surface area contributed by atoms with Crippen molar-refractivity contribution in [2.75, 3.05) is 13.2 Å². The molecule has 0 radical (unpaired) electrons. The van der Waals surface area contributed by atoms with Crippen LogP contribution < -0.4 is 4.74 Å². The van der Waals surface area contributed by atoms with Gasteiger partial charge in [-0.05, 0) is 18.6 Å². The summed E-state index contributed by atoms with van der Waals surface area (Å²) in [5.74, 6) is 0.668. The molecule has 1 saturated heterocycles. The van der Waals surface area contributed by atoms with E-state index in [1.54, 1.807) is 6.20 Å². The molecule has 0 bridgehead atoms. The van der Waals surface area contributed by atoms with E-state index in [1.807, 2.05) is 30.3 Å². The van der Waals surface area contributed by atoms with Gasteiger partial charge in [0.05, 0.1) is 13.2 Å². The van der Waals surface area contributed by atoms with E-state index in [-0.39, 0.29) is 18.2 Å². The van der Waals surface area contributed by atoms with E-state index in [1.165, 1.54) is 11.3 Å². The van der Waals surface area contributed by atoms with Crippen molar-refractivity contribution in [2.45, 2.75) is 13.0 Å². The molecule has 0 unspecified atom stereocenters. The number of rotatable bonds is 4. The fourth-order valence-electron chi connectivity index (χ4n) is 2.54. The highest BCUT2D eigenvalue weighted by Crippen LogP contribution is 2.23. The largest absolute Gasteiger partial charge is 0.482 e. The van der Waals surface area contributed by atoms with Gasteiger partial charge in [-0.25, -0.2) is 10.0 Å². The minimum atomic E-state index is -0.297. The van der Waals surface area contributed by atoms with Crippen molar-refractivity contribution < 1.29 is 18.8 Å². The minimum Gasteiger partial charge on any atom is -0.482 e. The Kier molecular flexibility index (Phi) is 3.84. The number of oxazole rings is 1. The number of hydrogen-bond acceptors (Lipinski definition) is 6. The number of benzene rings is 1. The van der Waals surface area contributed by atoms with Gasteiger partial charge in [0.2, 0.25) is 5.89 Å². The first-order valence-electron chi connectivity index (χ1n) is 7.67. The summed E-state index contributed by atoms with van der Waals surface area (Å²) in [5.41, 5.74) is 0.986. The lowest BCUT2D eigenvalue weighted by atomic mass is 10.2. The number of pyridine rings is 1. The second-order valence-corrected chi connectivity index (χ2v) is 5.34. The fraction of sp³-hybridized carbons (Fsp3) is 0.235. The Morgan fingerprint density at radius 3 is 3.08 bits per heavy atom. The minimum absolute atomic E-state index is 0.115. The Labute approximate surface area is 137 Å². The smallest absolute Gasteiger partial charge is 0.299 e. The second kappa shape index (κ2) is 6.29. The number of nitrogens with zero attached hydrogens (tertiary/aromatic N) is 3. The van der Waals surface area contributed by atoms with E-state index in [2.05, 4.69) is 9.97 Å². The summed E-state index contributed by atoms with van der Waals surface area (Å²) >= 11 is 0. The van der Waals surface area contributed by atoms with Crippen LogP contribution in [0, 0.1) is 0 Å². The standard InChI is InChI=1S/C17H15N3O4/c21-17(20-8-3-9-24-20)13-10-23-15(19-13)11-22-14-6-1-4-12-5-2-7-18-16(12)14/h1-2,4-7,10H,3,8-9,11H2. The Morgan fingerprint density at radius 1 is 1.29 bits per heavy atom. The molecule has 1 aliphatic heterocycles. The van der Waals surface area contributed by atoms with Crippen LogP contribution in [0.4, 0.5) is 0 Å². The van der Waals surface area contributed by atoms with Crippen molar-refractivity contribution in [3.05, 3.63) is 54.4 Å². The van der Waals surface area contributed by atoms with Gasteiger partial charge in [-0.15, -0.1) is 0 Å². The van der Waals surface area contributed by atoms with Crippen molar-refractivity contribution in [1.29, 1.82) is 0 Å². The van der Waals surface area contributed by atoms with E-state index < -0.39 is 0 Å². The summed E-state index contributed by atoms with van der Waals surface area (Å²) in [4.78, 5) is 25.8. The van der Waals surface area contributed by atoms with Gasteiger partial charge >= 0.3 is 0 Å². The van der Waals surface area contributed by atoms with Gasteiger partial charge < -0.3 is 9.15 Å². The number of aromatic nitrogens is 2. The van der Waals surface area contributed by atoms with Crippen LogP contribution in [0.3, 0.4) is 0 Å². The predicted octanol–water partition coefficient (Wildman–Crippen LogP) is 2.58. The first-order valence-corrected chi connectivity index (χ1v) is 7.67.